The average Bonchev–Trinajstić information content (AvgIpc) is 2.25. The number of methoxy groups -OCH3 is 1. The van der Waals surface area contributed by atoms with Crippen LogP contribution in [0.2, 0.25) is 0 Å². The van der Waals surface area contributed by atoms with Crippen molar-refractivity contribution in [2.45, 2.75) is 32.5 Å². The number of hydrogen-bond acceptors (Lipinski definition) is 3. The summed E-state index contributed by atoms with van der Waals surface area (Å²) in [5.74, 6) is -0.225. The molecule has 2 atom stereocenters. The van der Waals surface area contributed by atoms with Gasteiger partial charge in [0.25, 0.3) is 0 Å². The molecule has 0 aromatic rings. The Bertz CT molecular complexity index is 190. The van der Waals surface area contributed by atoms with Gasteiger partial charge in [0, 0.05) is 13.7 Å². The van der Waals surface area contributed by atoms with Crippen molar-refractivity contribution in [3.63, 3.8) is 0 Å². The summed E-state index contributed by atoms with van der Waals surface area (Å²) >= 11 is 0. The molecule has 0 aliphatic carbocycles. The Morgan fingerprint density at radius 3 is 2.67 bits per heavy atom. The standard InChI is InChI=1S/C8H14FNO3.C2H6/c1-13-5-8(12)10-3-2-7(11)6(9)4-10;1-2/h6-7,11H,2-5H2,1H3;1-2H3/t6-,7+;/m1./s1. The van der Waals surface area contributed by atoms with Gasteiger partial charge < -0.3 is 14.7 Å². The molecule has 15 heavy (non-hydrogen) atoms. The van der Waals surface area contributed by atoms with E-state index in [0.29, 0.717) is 13.0 Å². The van der Waals surface area contributed by atoms with Crippen LogP contribution in [0.5, 0.6) is 0 Å². The van der Waals surface area contributed by atoms with E-state index in [1.54, 1.807) is 0 Å². The molecule has 0 radical (unpaired) electrons. The number of halogens is 1. The molecule has 5 heteroatoms. The Hall–Kier alpha value is -0.680. The van der Waals surface area contributed by atoms with Crippen molar-refractivity contribution in [1.82, 2.24) is 4.90 Å². The fourth-order valence-electron chi connectivity index (χ4n) is 1.33. The van der Waals surface area contributed by atoms with E-state index in [2.05, 4.69) is 4.74 Å². The summed E-state index contributed by atoms with van der Waals surface area (Å²) in [5, 5.41) is 9.06. The van der Waals surface area contributed by atoms with Crippen LogP contribution in [0, 0.1) is 0 Å². The molecular formula is C10H20FNO3. The Kier molecular flexibility index (Phi) is 7.25. The van der Waals surface area contributed by atoms with Gasteiger partial charge in [0.05, 0.1) is 12.6 Å². The number of piperidine rings is 1. The van der Waals surface area contributed by atoms with Gasteiger partial charge in [-0.3, -0.25) is 4.79 Å². The first-order chi connectivity index (χ1) is 7.15. The molecule has 1 rings (SSSR count). The Labute approximate surface area is 90.0 Å². The normalized spacial score (nSPS) is 25.5. The lowest BCUT2D eigenvalue weighted by molar-refractivity contribution is -0.139. The van der Waals surface area contributed by atoms with Gasteiger partial charge in [-0.05, 0) is 6.42 Å². The summed E-state index contributed by atoms with van der Waals surface area (Å²) in [6.07, 6.45) is -1.95. The summed E-state index contributed by atoms with van der Waals surface area (Å²) in [5.41, 5.74) is 0. The number of aliphatic hydroxyl groups excluding tert-OH is 1. The second kappa shape index (κ2) is 7.59. The molecule has 0 saturated carbocycles. The Balaban J connectivity index is 0.000000921. The van der Waals surface area contributed by atoms with Crippen LogP contribution >= 0.6 is 0 Å². The first-order valence-corrected chi connectivity index (χ1v) is 5.24. The predicted octanol–water partition coefficient (Wildman–Crippen LogP) is 0.590. The maximum absolute atomic E-state index is 12.9. The molecule has 1 N–H and O–H groups in total. The molecule has 0 aromatic heterocycles. The lowest BCUT2D eigenvalue weighted by atomic mass is 10.1. The summed E-state index contributed by atoms with van der Waals surface area (Å²) < 4.78 is 17.6. The Morgan fingerprint density at radius 2 is 2.20 bits per heavy atom. The molecule has 1 aliphatic rings. The molecule has 0 unspecified atom stereocenters. The molecule has 1 aliphatic heterocycles. The number of likely N-dealkylation sites (tertiary alicyclic amines) is 1. The van der Waals surface area contributed by atoms with E-state index >= 15 is 0 Å². The number of carbonyl (C=O) groups is 1. The lowest BCUT2D eigenvalue weighted by Crippen LogP contribution is -2.48. The van der Waals surface area contributed by atoms with E-state index in [0.717, 1.165) is 0 Å². The third kappa shape index (κ3) is 4.57. The minimum atomic E-state index is -1.32. The highest BCUT2D eigenvalue weighted by Crippen LogP contribution is 2.13. The van der Waals surface area contributed by atoms with Gasteiger partial charge in [0.2, 0.25) is 5.91 Å². The average molecular weight is 221 g/mol. The molecule has 1 saturated heterocycles. The smallest absolute Gasteiger partial charge is 0.248 e. The number of alkyl halides is 1. The summed E-state index contributed by atoms with van der Waals surface area (Å²) in [4.78, 5) is 12.6. The first-order valence-electron chi connectivity index (χ1n) is 5.24. The Morgan fingerprint density at radius 1 is 1.60 bits per heavy atom. The number of amides is 1. The highest BCUT2D eigenvalue weighted by Gasteiger charge is 2.29. The minimum Gasteiger partial charge on any atom is -0.390 e. The van der Waals surface area contributed by atoms with Crippen molar-refractivity contribution < 1.29 is 19.0 Å². The summed E-state index contributed by atoms with van der Waals surface area (Å²) in [7, 11) is 1.42. The highest BCUT2D eigenvalue weighted by molar-refractivity contribution is 5.77. The maximum Gasteiger partial charge on any atom is 0.248 e. The zero-order chi connectivity index (χ0) is 11.8. The highest BCUT2D eigenvalue weighted by atomic mass is 19.1. The lowest BCUT2D eigenvalue weighted by Gasteiger charge is -2.31. The van der Waals surface area contributed by atoms with E-state index in [1.165, 1.54) is 12.0 Å². The van der Waals surface area contributed by atoms with Crippen LogP contribution in [0.1, 0.15) is 20.3 Å². The van der Waals surface area contributed by atoms with Gasteiger partial charge in [0.15, 0.2) is 0 Å². The number of hydrogen-bond donors (Lipinski definition) is 1. The third-order valence-electron chi connectivity index (χ3n) is 2.13. The number of nitrogens with zero attached hydrogens (tertiary/aromatic N) is 1. The van der Waals surface area contributed by atoms with Crippen LogP contribution in [0.4, 0.5) is 4.39 Å². The number of rotatable bonds is 2. The second-order valence-corrected chi connectivity index (χ2v) is 3.14. The maximum atomic E-state index is 12.9. The van der Waals surface area contributed by atoms with Crippen molar-refractivity contribution in [3.05, 3.63) is 0 Å². The summed E-state index contributed by atoms with van der Waals surface area (Å²) in [6.45, 7) is 4.36. The molecule has 0 aromatic carbocycles. The number of aliphatic hydroxyl groups is 1. The van der Waals surface area contributed by atoms with E-state index in [9.17, 15) is 9.18 Å². The number of ether oxygens (including phenoxy) is 1. The monoisotopic (exact) mass is 221 g/mol. The van der Waals surface area contributed by atoms with Crippen LogP contribution in [0.3, 0.4) is 0 Å². The first kappa shape index (κ1) is 14.3. The molecule has 1 heterocycles. The van der Waals surface area contributed by atoms with Crippen LogP contribution < -0.4 is 0 Å². The van der Waals surface area contributed by atoms with Gasteiger partial charge in [-0.2, -0.15) is 0 Å². The number of carbonyl (C=O) groups excluding carboxylic acids is 1. The third-order valence-corrected chi connectivity index (χ3v) is 2.13. The summed E-state index contributed by atoms with van der Waals surface area (Å²) in [6, 6.07) is 0. The largest absolute Gasteiger partial charge is 0.390 e. The topological polar surface area (TPSA) is 49.8 Å². The van der Waals surface area contributed by atoms with Crippen molar-refractivity contribution in [1.29, 1.82) is 0 Å². The van der Waals surface area contributed by atoms with Gasteiger partial charge in [-0.15, -0.1) is 0 Å². The minimum absolute atomic E-state index is 0.0244. The zero-order valence-electron chi connectivity index (χ0n) is 9.57. The molecular weight excluding hydrogens is 201 g/mol. The van der Waals surface area contributed by atoms with Crippen molar-refractivity contribution in [2.75, 3.05) is 26.8 Å². The quantitative estimate of drug-likeness (QED) is 0.742. The molecule has 1 fully saturated rings. The zero-order valence-corrected chi connectivity index (χ0v) is 9.57. The van der Waals surface area contributed by atoms with Crippen molar-refractivity contribution in [2.24, 2.45) is 0 Å². The van der Waals surface area contributed by atoms with Crippen LogP contribution in [-0.2, 0) is 9.53 Å². The van der Waals surface area contributed by atoms with Crippen LogP contribution in [0.25, 0.3) is 0 Å². The molecule has 0 bridgehead atoms. The SMILES string of the molecule is CC.COCC(=O)N1CC[C@H](O)[C@H](F)C1. The fraction of sp³-hybridized carbons (Fsp3) is 0.900. The van der Waals surface area contributed by atoms with Crippen LogP contribution in [-0.4, -0.2) is 55.0 Å². The van der Waals surface area contributed by atoms with Gasteiger partial charge >= 0.3 is 0 Å². The van der Waals surface area contributed by atoms with E-state index in [1.807, 2.05) is 13.8 Å². The molecule has 90 valence electrons. The van der Waals surface area contributed by atoms with E-state index in [-0.39, 0.29) is 19.1 Å². The van der Waals surface area contributed by atoms with Gasteiger partial charge in [-0.25, -0.2) is 4.39 Å². The van der Waals surface area contributed by atoms with E-state index < -0.39 is 12.3 Å². The van der Waals surface area contributed by atoms with Crippen LogP contribution in [0.15, 0.2) is 0 Å². The molecule has 0 spiro atoms. The van der Waals surface area contributed by atoms with Crippen molar-refractivity contribution >= 4 is 5.91 Å². The predicted molar refractivity (Wildman–Crippen MR) is 55.3 cm³/mol. The molecule has 4 nitrogen and oxygen atoms in total. The van der Waals surface area contributed by atoms with Gasteiger partial charge in [-0.1, -0.05) is 13.8 Å². The fourth-order valence-corrected chi connectivity index (χ4v) is 1.33. The van der Waals surface area contributed by atoms with Crippen molar-refractivity contribution in [3.8, 4) is 0 Å². The second-order valence-electron chi connectivity index (χ2n) is 3.14. The van der Waals surface area contributed by atoms with Gasteiger partial charge in [0.1, 0.15) is 12.8 Å². The molecule has 1 amide bonds. The van der Waals surface area contributed by atoms with E-state index in [4.69, 9.17) is 5.11 Å².